The molecule has 92 valence electrons. The molecule has 0 aliphatic carbocycles. The van der Waals surface area contributed by atoms with Gasteiger partial charge in [0.15, 0.2) is 0 Å². The molecule has 1 aliphatic heterocycles. The summed E-state index contributed by atoms with van der Waals surface area (Å²) >= 11 is 0. The first-order chi connectivity index (χ1) is 8.16. The molecule has 1 amide bonds. The first-order valence-electron chi connectivity index (χ1n) is 5.60. The summed E-state index contributed by atoms with van der Waals surface area (Å²) in [6.07, 6.45) is 0. The Labute approximate surface area is 100.0 Å². The number of morpholine rings is 1. The van der Waals surface area contributed by atoms with Crippen molar-refractivity contribution in [1.82, 2.24) is 10.4 Å². The fraction of sp³-hybridized carbons (Fsp3) is 0.417. The van der Waals surface area contributed by atoms with Crippen LogP contribution in [0.1, 0.15) is 15.9 Å². The van der Waals surface area contributed by atoms with Crippen LogP contribution < -0.4 is 5.43 Å². The van der Waals surface area contributed by atoms with Crippen LogP contribution in [0.15, 0.2) is 18.2 Å². The highest BCUT2D eigenvalue weighted by Crippen LogP contribution is 2.16. The number of benzene rings is 1. The quantitative estimate of drug-likeness (QED) is 0.792. The summed E-state index contributed by atoms with van der Waals surface area (Å²) in [5.41, 5.74) is 4.06. The predicted molar refractivity (Wildman–Crippen MR) is 62.7 cm³/mol. The Bertz CT molecular complexity index is 414. The number of aromatic hydroxyl groups is 1. The number of ether oxygens (including phenoxy) is 1. The van der Waals surface area contributed by atoms with Crippen molar-refractivity contribution in [2.45, 2.75) is 6.92 Å². The zero-order chi connectivity index (χ0) is 12.3. The van der Waals surface area contributed by atoms with Crippen LogP contribution in [-0.4, -0.2) is 42.3 Å². The van der Waals surface area contributed by atoms with Crippen molar-refractivity contribution in [3.63, 3.8) is 0 Å². The first-order valence-corrected chi connectivity index (χ1v) is 5.60. The summed E-state index contributed by atoms with van der Waals surface area (Å²) in [6, 6.07) is 4.81. The Morgan fingerprint density at radius 1 is 1.41 bits per heavy atom. The lowest BCUT2D eigenvalue weighted by atomic mass is 10.1. The van der Waals surface area contributed by atoms with Crippen molar-refractivity contribution < 1.29 is 14.6 Å². The number of hydrogen-bond donors (Lipinski definition) is 2. The van der Waals surface area contributed by atoms with Crippen LogP contribution in [-0.2, 0) is 4.74 Å². The first kappa shape index (κ1) is 11.9. The average molecular weight is 236 g/mol. The van der Waals surface area contributed by atoms with Gasteiger partial charge in [0.25, 0.3) is 5.91 Å². The molecule has 17 heavy (non-hydrogen) atoms. The van der Waals surface area contributed by atoms with Gasteiger partial charge in [-0.25, -0.2) is 5.01 Å². The molecule has 0 unspecified atom stereocenters. The topological polar surface area (TPSA) is 61.8 Å². The van der Waals surface area contributed by atoms with Crippen molar-refractivity contribution in [2.75, 3.05) is 26.3 Å². The van der Waals surface area contributed by atoms with Crippen LogP contribution in [0.3, 0.4) is 0 Å². The molecule has 2 N–H and O–H groups in total. The van der Waals surface area contributed by atoms with Crippen LogP contribution in [0.4, 0.5) is 0 Å². The molecule has 0 radical (unpaired) electrons. The number of hydrazine groups is 1. The number of nitrogens with one attached hydrogen (secondary N) is 1. The second-order valence-electron chi connectivity index (χ2n) is 4.04. The molecule has 1 aliphatic rings. The summed E-state index contributed by atoms with van der Waals surface area (Å²) in [6.45, 7) is 4.43. The van der Waals surface area contributed by atoms with Gasteiger partial charge in [0.2, 0.25) is 0 Å². The molecule has 1 fully saturated rings. The largest absolute Gasteiger partial charge is 0.508 e. The van der Waals surface area contributed by atoms with E-state index in [-0.39, 0.29) is 11.7 Å². The van der Waals surface area contributed by atoms with Gasteiger partial charge in [0.1, 0.15) is 5.75 Å². The van der Waals surface area contributed by atoms with E-state index in [4.69, 9.17) is 4.74 Å². The van der Waals surface area contributed by atoms with Gasteiger partial charge in [-0.2, -0.15) is 0 Å². The zero-order valence-electron chi connectivity index (χ0n) is 9.77. The zero-order valence-corrected chi connectivity index (χ0v) is 9.77. The number of carbonyl (C=O) groups excluding carboxylic acids is 1. The fourth-order valence-corrected chi connectivity index (χ4v) is 1.68. The number of amides is 1. The number of carbonyl (C=O) groups is 1. The smallest absolute Gasteiger partial charge is 0.265 e. The van der Waals surface area contributed by atoms with Crippen molar-refractivity contribution in [2.24, 2.45) is 0 Å². The summed E-state index contributed by atoms with van der Waals surface area (Å²) < 4.78 is 5.20. The van der Waals surface area contributed by atoms with Gasteiger partial charge >= 0.3 is 0 Å². The average Bonchev–Trinajstić information content (AvgIpc) is 2.34. The number of phenols is 1. The van der Waals surface area contributed by atoms with Crippen molar-refractivity contribution >= 4 is 5.91 Å². The van der Waals surface area contributed by atoms with Gasteiger partial charge in [0.05, 0.1) is 13.2 Å². The minimum atomic E-state index is -0.157. The van der Waals surface area contributed by atoms with E-state index in [1.54, 1.807) is 19.1 Å². The van der Waals surface area contributed by atoms with Crippen molar-refractivity contribution in [1.29, 1.82) is 0 Å². The molecule has 0 spiro atoms. The Morgan fingerprint density at radius 2 is 2.12 bits per heavy atom. The number of nitrogens with zero attached hydrogens (tertiary/aromatic N) is 1. The maximum Gasteiger partial charge on any atom is 0.265 e. The van der Waals surface area contributed by atoms with E-state index >= 15 is 0 Å². The predicted octanol–water partition coefficient (Wildman–Crippen LogP) is 0.678. The molecule has 5 heteroatoms. The molecular formula is C12H16N2O3. The van der Waals surface area contributed by atoms with Gasteiger partial charge in [-0.1, -0.05) is 0 Å². The molecule has 1 heterocycles. The second kappa shape index (κ2) is 5.16. The normalized spacial score (nSPS) is 16.8. The highest BCUT2D eigenvalue weighted by Gasteiger charge is 2.14. The van der Waals surface area contributed by atoms with Crippen LogP contribution in [0.5, 0.6) is 5.75 Å². The lowest BCUT2D eigenvalue weighted by Crippen LogP contribution is -2.48. The summed E-state index contributed by atoms with van der Waals surface area (Å²) in [5.74, 6) is 0.0444. The van der Waals surface area contributed by atoms with E-state index in [9.17, 15) is 9.90 Å². The van der Waals surface area contributed by atoms with E-state index < -0.39 is 0 Å². The third-order valence-corrected chi connectivity index (χ3v) is 2.73. The summed E-state index contributed by atoms with van der Waals surface area (Å²) in [7, 11) is 0. The Balaban J connectivity index is 2.01. The van der Waals surface area contributed by atoms with E-state index in [2.05, 4.69) is 5.43 Å². The monoisotopic (exact) mass is 236 g/mol. The van der Waals surface area contributed by atoms with Crippen LogP contribution in [0, 0.1) is 6.92 Å². The standard InChI is InChI=1S/C12H16N2O3/c1-9-8-10(2-3-11(9)15)12(16)13-14-4-6-17-7-5-14/h2-3,8,15H,4-7H2,1H3,(H,13,16). The van der Waals surface area contributed by atoms with E-state index in [1.165, 1.54) is 6.07 Å². The number of rotatable bonds is 2. The van der Waals surface area contributed by atoms with E-state index in [0.717, 1.165) is 0 Å². The SMILES string of the molecule is Cc1cc(C(=O)NN2CCOCC2)ccc1O. The van der Waals surface area contributed by atoms with Gasteiger partial charge in [-0.3, -0.25) is 10.2 Å². The highest BCUT2D eigenvalue weighted by atomic mass is 16.5. The van der Waals surface area contributed by atoms with Crippen LogP contribution in [0.25, 0.3) is 0 Å². The number of hydrogen-bond acceptors (Lipinski definition) is 4. The molecule has 0 aromatic heterocycles. The van der Waals surface area contributed by atoms with Crippen molar-refractivity contribution in [3.8, 4) is 5.75 Å². The van der Waals surface area contributed by atoms with Crippen LogP contribution >= 0.6 is 0 Å². The minimum Gasteiger partial charge on any atom is -0.508 e. The number of aryl methyl sites for hydroxylation is 1. The van der Waals surface area contributed by atoms with Gasteiger partial charge in [-0.05, 0) is 30.7 Å². The molecule has 1 aromatic carbocycles. The summed E-state index contributed by atoms with van der Waals surface area (Å²) in [5, 5.41) is 11.2. The lowest BCUT2D eigenvalue weighted by molar-refractivity contribution is 0.0126. The van der Waals surface area contributed by atoms with Gasteiger partial charge in [0, 0.05) is 18.7 Å². The molecule has 2 rings (SSSR count). The lowest BCUT2D eigenvalue weighted by Gasteiger charge is -2.26. The fourth-order valence-electron chi connectivity index (χ4n) is 1.68. The van der Waals surface area contributed by atoms with E-state index in [1.807, 2.05) is 5.01 Å². The maximum atomic E-state index is 11.9. The van der Waals surface area contributed by atoms with Gasteiger partial charge < -0.3 is 9.84 Å². The third-order valence-electron chi connectivity index (χ3n) is 2.73. The molecule has 0 saturated carbocycles. The third kappa shape index (κ3) is 2.95. The minimum absolute atomic E-state index is 0.157. The Kier molecular flexibility index (Phi) is 3.61. The number of phenolic OH excluding ortho intramolecular Hbond substituents is 1. The Hall–Kier alpha value is -1.59. The summed E-state index contributed by atoms with van der Waals surface area (Å²) in [4.78, 5) is 11.9. The van der Waals surface area contributed by atoms with E-state index in [0.29, 0.717) is 37.4 Å². The molecule has 0 bridgehead atoms. The second-order valence-corrected chi connectivity index (χ2v) is 4.04. The van der Waals surface area contributed by atoms with Crippen LogP contribution in [0.2, 0.25) is 0 Å². The molecular weight excluding hydrogens is 220 g/mol. The van der Waals surface area contributed by atoms with Gasteiger partial charge in [-0.15, -0.1) is 0 Å². The highest BCUT2D eigenvalue weighted by molar-refractivity contribution is 5.94. The molecule has 5 nitrogen and oxygen atoms in total. The molecule has 0 atom stereocenters. The molecule has 1 saturated heterocycles. The van der Waals surface area contributed by atoms with Crippen molar-refractivity contribution in [3.05, 3.63) is 29.3 Å². The molecule has 1 aromatic rings. The maximum absolute atomic E-state index is 11.9. The Morgan fingerprint density at radius 3 is 2.76 bits per heavy atom.